The van der Waals surface area contributed by atoms with Crippen molar-refractivity contribution in [3.63, 3.8) is 0 Å². The fourth-order valence-corrected chi connectivity index (χ4v) is 3.76. The van der Waals surface area contributed by atoms with Crippen LogP contribution < -0.4 is 10.6 Å². The van der Waals surface area contributed by atoms with E-state index in [0.29, 0.717) is 29.0 Å². The van der Waals surface area contributed by atoms with Gasteiger partial charge in [-0.2, -0.15) is 4.98 Å². The number of anilines is 1. The molecule has 1 aliphatic rings. The van der Waals surface area contributed by atoms with Gasteiger partial charge in [-0.3, -0.25) is 9.36 Å². The van der Waals surface area contributed by atoms with Gasteiger partial charge in [-0.1, -0.05) is 23.7 Å². The molecule has 3 heterocycles. The summed E-state index contributed by atoms with van der Waals surface area (Å²) >= 11 is 5.99. The van der Waals surface area contributed by atoms with Gasteiger partial charge >= 0.3 is 0 Å². The molecule has 0 spiro atoms. The van der Waals surface area contributed by atoms with Crippen LogP contribution in [0.2, 0.25) is 5.02 Å². The van der Waals surface area contributed by atoms with E-state index in [9.17, 15) is 4.79 Å². The summed E-state index contributed by atoms with van der Waals surface area (Å²) in [6, 6.07) is 7.64. The summed E-state index contributed by atoms with van der Waals surface area (Å²) in [5.41, 5.74) is 2.12. The van der Waals surface area contributed by atoms with Gasteiger partial charge in [-0.05, 0) is 44.4 Å². The summed E-state index contributed by atoms with van der Waals surface area (Å²) in [4.78, 5) is 25.8. The Morgan fingerprint density at radius 2 is 2.23 bits per heavy atom. The van der Waals surface area contributed by atoms with Crippen LogP contribution in [-0.4, -0.2) is 44.2 Å². The Morgan fingerprint density at radius 3 is 3.03 bits per heavy atom. The lowest BCUT2D eigenvalue weighted by atomic mass is 10.0. The van der Waals surface area contributed by atoms with Crippen molar-refractivity contribution in [1.29, 1.82) is 0 Å². The molecule has 2 unspecified atom stereocenters. The van der Waals surface area contributed by atoms with E-state index in [4.69, 9.17) is 16.3 Å². The first-order valence-corrected chi connectivity index (χ1v) is 10.6. The van der Waals surface area contributed by atoms with Gasteiger partial charge in [-0.25, -0.2) is 9.97 Å². The molecule has 8 nitrogen and oxygen atoms in total. The Morgan fingerprint density at radius 1 is 1.35 bits per heavy atom. The molecule has 162 valence electrons. The van der Waals surface area contributed by atoms with Gasteiger partial charge in [0, 0.05) is 42.2 Å². The highest BCUT2D eigenvalue weighted by Crippen LogP contribution is 2.19. The first-order chi connectivity index (χ1) is 15.0. The molecule has 2 N–H and O–H groups in total. The zero-order valence-corrected chi connectivity index (χ0v) is 18.3. The first-order valence-electron chi connectivity index (χ1n) is 10.3. The van der Waals surface area contributed by atoms with Crippen molar-refractivity contribution in [2.24, 2.45) is 0 Å². The normalized spacial score (nSPS) is 18.5. The second-order valence-electron chi connectivity index (χ2n) is 7.73. The predicted molar refractivity (Wildman–Crippen MR) is 119 cm³/mol. The lowest BCUT2D eigenvalue weighted by molar-refractivity contribution is 0.0231. The Labute approximate surface area is 186 Å². The van der Waals surface area contributed by atoms with Gasteiger partial charge < -0.3 is 15.4 Å². The number of rotatable bonds is 6. The number of hydrogen-bond acceptors (Lipinski definition) is 6. The monoisotopic (exact) mass is 440 g/mol. The molecule has 2 aromatic heterocycles. The average molecular weight is 441 g/mol. The van der Waals surface area contributed by atoms with Crippen LogP contribution in [0.5, 0.6) is 0 Å². The van der Waals surface area contributed by atoms with Crippen molar-refractivity contribution in [3.8, 4) is 5.82 Å². The average Bonchev–Trinajstić information content (AvgIpc) is 3.24. The number of amides is 1. The van der Waals surface area contributed by atoms with E-state index in [1.54, 1.807) is 29.4 Å². The zero-order valence-electron chi connectivity index (χ0n) is 17.5. The van der Waals surface area contributed by atoms with E-state index in [1.807, 2.05) is 25.1 Å². The van der Waals surface area contributed by atoms with Crippen molar-refractivity contribution in [3.05, 3.63) is 64.8 Å². The topological polar surface area (TPSA) is 94.0 Å². The minimum Gasteiger partial charge on any atom is -0.378 e. The number of carbonyl (C=O) groups is 1. The number of carbonyl (C=O) groups excluding carboxylic acids is 1. The van der Waals surface area contributed by atoms with Gasteiger partial charge in [0.1, 0.15) is 17.8 Å². The quantitative estimate of drug-likeness (QED) is 0.609. The van der Waals surface area contributed by atoms with Crippen molar-refractivity contribution < 1.29 is 9.53 Å². The molecule has 2 atom stereocenters. The molecule has 1 fully saturated rings. The minimum atomic E-state index is -0.264. The molecule has 1 aromatic carbocycles. The summed E-state index contributed by atoms with van der Waals surface area (Å²) in [5, 5.41) is 6.89. The number of aromatic nitrogens is 4. The highest BCUT2D eigenvalue weighted by atomic mass is 35.5. The number of nitrogens with one attached hydrogen (secondary N) is 2. The standard InChI is InChI=1S/C22H25ClN6O2/c1-14-10-25-22(27-18-6-7-31-15(2)8-18)28-20(14)29-12-19(26-13-29)21(30)24-11-16-4-3-5-17(23)9-16/h3-5,9-10,12-13,15,18H,6-8,11H2,1-2H3,(H,24,30)(H,25,27,28). The van der Waals surface area contributed by atoms with Crippen molar-refractivity contribution in [1.82, 2.24) is 24.8 Å². The van der Waals surface area contributed by atoms with Crippen LogP contribution in [-0.2, 0) is 11.3 Å². The number of hydrogen-bond donors (Lipinski definition) is 2. The number of ether oxygens (including phenoxy) is 1. The molecule has 1 saturated heterocycles. The van der Waals surface area contributed by atoms with Crippen LogP contribution in [0.25, 0.3) is 5.82 Å². The van der Waals surface area contributed by atoms with Crippen LogP contribution in [0.3, 0.4) is 0 Å². The Hall–Kier alpha value is -2.97. The SMILES string of the molecule is Cc1cnc(NC2CCOC(C)C2)nc1-n1cnc(C(=O)NCc2cccc(Cl)c2)c1. The Balaban J connectivity index is 1.44. The van der Waals surface area contributed by atoms with Gasteiger partial charge in [0.2, 0.25) is 5.95 Å². The van der Waals surface area contributed by atoms with Crippen LogP contribution in [0, 0.1) is 6.92 Å². The van der Waals surface area contributed by atoms with Gasteiger partial charge in [0.25, 0.3) is 5.91 Å². The molecule has 9 heteroatoms. The fraction of sp³-hybridized carbons (Fsp3) is 0.364. The number of aryl methyl sites for hydroxylation is 1. The van der Waals surface area contributed by atoms with Crippen molar-refractivity contribution >= 4 is 23.5 Å². The molecule has 0 aliphatic carbocycles. The van der Waals surface area contributed by atoms with E-state index in [2.05, 4.69) is 32.5 Å². The highest BCUT2D eigenvalue weighted by molar-refractivity contribution is 6.30. The van der Waals surface area contributed by atoms with E-state index in [0.717, 1.165) is 30.6 Å². The lowest BCUT2D eigenvalue weighted by Gasteiger charge is -2.28. The molecule has 3 aromatic rings. The molecule has 0 saturated carbocycles. The molecule has 31 heavy (non-hydrogen) atoms. The third-order valence-corrected chi connectivity index (χ3v) is 5.40. The zero-order chi connectivity index (χ0) is 21.8. The smallest absolute Gasteiger partial charge is 0.271 e. The molecule has 1 aliphatic heterocycles. The summed E-state index contributed by atoms with van der Waals surface area (Å²) < 4.78 is 7.34. The maximum Gasteiger partial charge on any atom is 0.271 e. The van der Waals surface area contributed by atoms with Gasteiger partial charge in [-0.15, -0.1) is 0 Å². The summed E-state index contributed by atoms with van der Waals surface area (Å²) in [6.45, 7) is 5.09. The fourth-order valence-electron chi connectivity index (χ4n) is 3.55. The van der Waals surface area contributed by atoms with E-state index in [1.165, 1.54) is 0 Å². The molecule has 0 bridgehead atoms. The maximum absolute atomic E-state index is 12.5. The molecule has 0 radical (unpaired) electrons. The summed E-state index contributed by atoms with van der Waals surface area (Å²) in [7, 11) is 0. The number of benzene rings is 1. The Kier molecular flexibility index (Phi) is 6.48. The number of nitrogens with zero attached hydrogens (tertiary/aromatic N) is 4. The first kappa shape index (κ1) is 21.3. The van der Waals surface area contributed by atoms with Crippen LogP contribution in [0.1, 0.15) is 41.4 Å². The van der Waals surface area contributed by atoms with Crippen LogP contribution in [0.15, 0.2) is 43.0 Å². The third kappa shape index (κ3) is 5.39. The number of halogens is 1. The number of imidazole rings is 1. The third-order valence-electron chi connectivity index (χ3n) is 5.17. The minimum absolute atomic E-state index is 0.220. The second-order valence-corrected chi connectivity index (χ2v) is 8.16. The largest absolute Gasteiger partial charge is 0.378 e. The van der Waals surface area contributed by atoms with E-state index >= 15 is 0 Å². The van der Waals surface area contributed by atoms with Crippen molar-refractivity contribution in [2.45, 2.75) is 45.4 Å². The van der Waals surface area contributed by atoms with Gasteiger partial charge in [0.05, 0.1) is 6.10 Å². The molecular formula is C22H25ClN6O2. The van der Waals surface area contributed by atoms with E-state index in [-0.39, 0.29) is 18.1 Å². The van der Waals surface area contributed by atoms with E-state index < -0.39 is 0 Å². The second kappa shape index (κ2) is 9.45. The van der Waals surface area contributed by atoms with Crippen LogP contribution in [0.4, 0.5) is 5.95 Å². The summed E-state index contributed by atoms with van der Waals surface area (Å²) in [5.74, 6) is 0.972. The highest BCUT2D eigenvalue weighted by Gasteiger charge is 2.20. The molecule has 4 rings (SSSR count). The summed E-state index contributed by atoms with van der Waals surface area (Å²) in [6.07, 6.45) is 7.07. The Bertz CT molecular complexity index is 1070. The van der Waals surface area contributed by atoms with Crippen molar-refractivity contribution in [2.75, 3.05) is 11.9 Å². The predicted octanol–water partition coefficient (Wildman–Crippen LogP) is 3.53. The lowest BCUT2D eigenvalue weighted by Crippen LogP contribution is -2.33. The van der Waals surface area contributed by atoms with Gasteiger partial charge in [0.15, 0.2) is 0 Å². The maximum atomic E-state index is 12.5. The molecular weight excluding hydrogens is 416 g/mol. The molecule has 1 amide bonds. The van der Waals surface area contributed by atoms with Crippen LogP contribution >= 0.6 is 11.6 Å².